The van der Waals surface area contributed by atoms with Gasteiger partial charge in [-0.15, -0.1) is 0 Å². The van der Waals surface area contributed by atoms with Crippen LogP contribution in [0.4, 0.5) is 0 Å². The van der Waals surface area contributed by atoms with E-state index in [0.717, 1.165) is 19.3 Å². The molecule has 1 fully saturated rings. The highest BCUT2D eigenvalue weighted by Crippen LogP contribution is 2.23. The number of aliphatic carboxylic acids is 1. The van der Waals surface area contributed by atoms with Crippen LogP contribution >= 0.6 is 0 Å². The van der Waals surface area contributed by atoms with Crippen molar-refractivity contribution < 1.29 is 14.7 Å². The number of carbonyl (C=O) groups excluding carboxylic acids is 1. The van der Waals surface area contributed by atoms with Gasteiger partial charge in [-0.3, -0.25) is 9.59 Å². The summed E-state index contributed by atoms with van der Waals surface area (Å²) in [6.07, 6.45) is 3.07. The first-order chi connectivity index (χ1) is 7.35. The van der Waals surface area contributed by atoms with Gasteiger partial charge in [0, 0.05) is 13.1 Å². The third kappa shape index (κ3) is 2.74. The van der Waals surface area contributed by atoms with Crippen molar-refractivity contribution in [2.24, 2.45) is 11.3 Å². The van der Waals surface area contributed by atoms with Crippen molar-refractivity contribution in [2.45, 2.75) is 40.0 Å². The normalized spacial score (nSPS) is 22.7. The molecule has 1 heterocycles. The van der Waals surface area contributed by atoms with E-state index in [1.54, 1.807) is 4.90 Å². The number of likely N-dealkylation sites (tertiary alicyclic amines) is 1. The number of hydrogen-bond acceptors (Lipinski definition) is 2. The van der Waals surface area contributed by atoms with Gasteiger partial charge in [-0.05, 0) is 39.0 Å². The Morgan fingerprint density at radius 3 is 2.44 bits per heavy atom. The summed E-state index contributed by atoms with van der Waals surface area (Å²) in [4.78, 5) is 24.8. The summed E-state index contributed by atoms with van der Waals surface area (Å²) in [5.41, 5.74) is -1.30. The van der Waals surface area contributed by atoms with Gasteiger partial charge in [0.05, 0.1) is 0 Å². The lowest BCUT2D eigenvalue weighted by Gasteiger charge is -2.28. The van der Waals surface area contributed by atoms with Gasteiger partial charge in [0.25, 0.3) is 0 Å². The van der Waals surface area contributed by atoms with Crippen LogP contribution in [-0.2, 0) is 9.59 Å². The van der Waals surface area contributed by atoms with Crippen LogP contribution in [0.1, 0.15) is 40.0 Å². The Kier molecular flexibility index (Phi) is 3.94. The van der Waals surface area contributed by atoms with E-state index in [9.17, 15) is 9.59 Å². The zero-order chi connectivity index (χ0) is 12.3. The summed E-state index contributed by atoms with van der Waals surface area (Å²) in [5.74, 6) is -0.672. The summed E-state index contributed by atoms with van der Waals surface area (Å²) in [6, 6.07) is 0. The van der Waals surface area contributed by atoms with Crippen molar-refractivity contribution in [1.29, 1.82) is 0 Å². The van der Waals surface area contributed by atoms with E-state index in [0.29, 0.717) is 19.0 Å². The SMILES string of the molecule is CC1CCCN(C(=O)C(C)(C)C(=O)O)CC1. The molecular formula is C12H21NO3. The average molecular weight is 227 g/mol. The number of hydrogen-bond donors (Lipinski definition) is 1. The number of carboxylic acid groups (broad SMARTS) is 1. The van der Waals surface area contributed by atoms with Crippen LogP contribution in [0.15, 0.2) is 0 Å². The molecule has 0 aromatic rings. The molecular weight excluding hydrogens is 206 g/mol. The molecule has 0 aromatic carbocycles. The first kappa shape index (κ1) is 13.0. The standard InChI is InChI=1S/C12H21NO3/c1-9-5-4-7-13(8-6-9)10(14)12(2,3)11(15)16/h9H,4-8H2,1-3H3,(H,15,16). The van der Waals surface area contributed by atoms with E-state index in [4.69, 9.17) is 5.11 Å². The van der Waals surface area contributed by atoms with Crippen LogP contribution in [0.2, 0.25) is 0 Å². The first-order valence-corrected chi connectivity index (χ1v) is 5.88. The molecule has 1 N–H and O–H groups in total. The summed E-state index contributed by atoms with van der Waals surface area (Å²) in [6.45, 7) is 6.52. The number of nitrogens with zero attached hydrogens (tertiary/aromatic N) is 1. The van der Waals surface area contributed by atoms with Crippen molar-refractivity contribution in [3.8, 4) is 0 Å². The van der Waals surface area contributed by atoms with Crippen LogP contribution < -0.4 is 0 Å². The molecule has 1 aliphatic rings. The lowest BCUT2D eigenvalue weighted by atomic mass is 9.91. The zero-order valence-electron chi connectivity index (χ0n) is 10.3. The largest absolute Gasteiger partial charge is 0.480 e. The Morgan fingerprint density at radius 1 is 1.25 bits per heavy atom. The minimum absolute atomic E-state index is 0.255. The fraction of sp³-hybridized carbons (Fsp3) is 0.833. The Balaban J connectivity index is 2.70. The van der Waals surface area contributed by atoms with Gasteiger partial charge in [0.1, 0.15) is 5.41 Å². The van der Waals surface area contributed by atoms with Crippen molar-refractivity contribution in [3.63, 3.8) is 0 Å². The highest BCUT2D eigenvalue weighted by atomic mass is 16.4. The molecule has 16 heavy (non-hydrogen) atoms. The molecule has 0 bridgehead atoms. The van der Waals surface area contributed by atoms with Gasteiger partial charge in [0.15, 0.2) is 0 Å². The first-order valence-electron chi connectivity index (χ1n) is 5.88. The molecule has 1 atom stereocenters. The molecule has 92 valence electrons. The minimum Gasteiger partial charge on any atom is -0.480 e. The maximum Gasteiger partial charge on any atom is 0.318 e. The number of carboxylic acids is 1. The summed E-state index contributed by atoms with van der Waals surface area (Å²) in [7, 11) is 0. The highest BCUT2D eigenvalue weighted by molar-refractivity contribution is 6.00. The van der Waals surface area contributed by atoms with Crippen LogP contribution in [0.5, 0.6) is 0 Å². The van der Waals surface area contributed by atoms with E-state index in [-0.39, 0.29) is 5.91 Å². The van der Waals surface area contributed by atoms with E-state index < -0.39 is 11.4 Å². The van der Waals surface area contributed by atoms with Crippen molar-refractivity contribution in [2.75, 3.05) is 13.1 Å². The van der Waals surface area contributed by atoms with Crippen molar-refractivity contribution in [1.82, 2.24) is 4.90 Å². The average Bonchev–Trinajstić information content (AvgIpc) is 2.41. The predicted octanol–water partition coefficient (Wildman–Crippen LogP) is 1.75. The molecule has 1 amide bonds. The molecule has 1 saturated heterocycles. The zero-order valence-corrected chi connectivity index (χ0v) is 10.3. The van der Waals surface area contributed by atoms with E-state index in [1.165, 1.54) is 13.8 Å². The molecule has 0 radical (unpaired) electrons. The molecule has 4 heteroatoms. The lowest BCUT2D eigenvalue weighted by molar-refractivity contribution is -0.158. The Labute approximate surface area is 96.6 Å². The van der Waals surface area contributed by atoms with Gasteiger partial charge in [-0.1, -0.05) is 6.92 Å². The maximum atomic E-state index is 12.1. The Bertz CT molecular complexity index is 286. The monoisotopic (exact) mass is 227 g/mol. The quantitative estimate of drug-likeness (QED) is 0.731. The lowest BCUT2D eigenvalue weighted by Crippen LogP contribution is -2.45. The Morgan fingerprint density at radius 2 is 1.88 bits per heavy atom. The maximum absolute atomic E-state index is 12.1. The van der Waals surface area contributed by atoms with Gasteiger partial charge >= 0.3 is 5.97 Å². The van der Waals surface area contributed by atoms with Crippen LogP contribution in [0, 0.1) is 11.3 Å². The summed E-state index contributed by atoms with van der Waals surface area (Å²) in [5, 5.41) is 9.02. The molecule has 0 aromatic heterocycles. The topological polar surface area (TPSA) is 57.6 Å². The summed E-state index contributed by atoms with van der Waals surface area (Å²) >= 11 is 0. The second kappa shape index (κ2) is 4.85. The smallest absolute Gasteiger partial charge is 0.318 e. The van der Waals surface area contributed by atoms with Crippen LogP contribution in [0.3, 0.4) is 0 Å². The summed E-state index contributed by atoms with van der Waals surface area (Å²) < 4.78 is 0. The molecule has 0 saturated carbocycles. The molecule has 4 nitrogen and oxygen atoms in total. The van der Waals surface area contributed by atoms with Gasteiger partial charge in [-0.25, -0.2) is 0 Å². The van der Waals surface area contributed by atoms with Gasteiger partial charge in [0.2, 0.25) is 5.91 Å². The predicted molar refractivity (Wildman–Crippen MR) is 61.0 cm³/mol. The second-order valence-corrected chi connectivity index (χ2v) is 5.26. The van der Waals surface area contributed by atoms with E-state index in [2.05, 4.69) is 6.92 Å². The highest BCUT2D eigenvalue weighted by Gasteiger charge is 2.39. The van der Waals surface area contributed by atoms with Crippen LogP contribution in [0.25, 0.3) is 0 Å². The molecule has 0 spiro atoms. The molecule has 1 unspecified atom stereocenters. The number of carbonyl (C=O) groups is 2. The third-order valence-corrected chi connectivity index (χ3v) is 3.37. The third-order valence-electron chi connectivity index (χ3n) is 3.37. The van der Waals surface area contributed by atoms with Gasteiger partial charge in [-0.2, -0.15) is 0 Å². The van der Waals surface area contributed by atoms with E-state index in [1.807, 2.05) is 0 Å². The van der Waals surface area contributed by atoms with Crippen molar-refractivity contribution in [3.05, 3.63) is 0 Å². The number of amides is 1. The second-order valence-electron chi connectivity index (χ2n) is 5.26. The fourth-order valence-electron chi connectivity index (χ4n) is 1.95. The molecule has 0 aliphatic carbocycles. The molecule has 1 aliphatic heterocycles. The van der Waals surface area contributed by atoms with Gasteiger partial charge < -0.3 is 10.0 Å². The van der Waals surface area contributed by atoms with E-state index >= 15 is 0 Å². The molecule has 1 rings (SSSR count). The number of rotatable bonds is 2. The minimum atomic E-state index is -1.30. The Hall–Kier alpha value is -1.06. The fourth-order valence-corrected chi connectivity index (χ4v) is 1.95. The van der Waals surface area contributed by atoms with Crippen molar-refractivity contribution >= 4 is 11.9 Å². The van der Waals surface area contributed by atoms with Crippen LogP contribution in [-0.4, -0.2) is 35.0 Å².